The van der Waals surface area contributed by atoms with Gasteiger partial charge in [0, 0.05) is 33.7 Å². The van der Waals surface area contributed by atoms with Gasteiger partial charge in [0.1, 0.15) is 23.8 Å². The first-order chi connectivity index (χ1) is 13.2. The fourth-order valence-electron chi connectivity index (χ4n) is 3.31. The van der Waals surface area contributed by atoms with Crippen molar-refractivity contribution in [2.24, 2.45) is 4.99 Å². The molecule has 3 rings (SSSR count). The Morgan fingerprint density at radius 2 is 2.14 bits per heavy atom. The number of hydrogen-bond acceptors (Lipinski definition) is 6. The summed E-state index contributed by atoms with van der Waals surface area (Å²) < 4.78 is 11.5. The fraction of sp³-hybridized carbons (Fsp3) is 0.550. The van der Waals surface area contributed by atoms with Gasteiger partial charge >= 0.3 is 6.09 Å². The number of piperazine rings is 1. The number of anilines is 1. The number of hydrogen-bond donors (Lipinski definition) is 0. The van der Waals surface area contributed by atoms with E-state index >= 15 is 0 Å². The number of carbonyl (C=O) groups is 1. The third-order valence-electron chi connectivity index (χ3n) is 4.52. The van der Waals surface area contributed by atoms with Gasteiger partial charge in [-0.3, -0.25) is 0 Å². The molecule has 0 unspecified atom stereocenters. The fourth-order valence-corrected chi connectivity index (χ4v) is 3.31. The van der Waals surface area contributed by atoms with Gasteiger partial charge in [-0.1, -0.05) is 0 Å². The molecule has 1 fully saturated rings. The molecule has 0 bridgehead atoms. The Labute approximate surface area is 165 Å². The van der Waals surface area contributed by atoms with Crippen LogP contribution in [0.5, 0.6) is 5.75 Å². The monoisotopic (exact) mass is 385 g/mol. The molecule has 0 aliphatic carbocycles. The van der Waals surface area contributed by atoms with Crippen LogP contribution in [0.15, 0.2) is 17.1 Å². The van der Waals surface area contributed by atoms with Crippen LogP contribution in [0.2, 0.25) is 0 Å². The largest absolute Gasteiger partial charge is 0.488 e. The van der Waals surface area contributed by atoms with Crippen LogP contribution in [0.4, 0.5) is 16.2 Å². The van der Waals surface area contributed by atoms with Crippen molar-refractivity contribution < 1.29 is 14.3 Å². The van der Waals surface area contributed by atoms with E-state index in [0.717, 1.165) is 5.69 Å². The third-order valence-corrected chi connectivity index (χ3v) is 4.52. The number of aliphatic imine (C=N–C) groups is 1. The molecule has 150 valence electrons. The van der Waals surface area contributed by atoms with Crippen molar-refractivity contribution in [1.82, 2.24) is 9.80 Å². The molecule has 1 amide bonds. The number of nitrogens with zero attached hydrogens (tertiary/aromatic N) is 5. The quantitative estimate of drug-likeness (QED) is 0.575. The van der Waals surface area contributed by atoms with Crippen molar-refractivity contribution in [3.8, 4) is 11.8 Å². The molecule has 0 aromatic heterocycles. The second-order valence-electron chi connectivity index (χ2n) is 8.21. The van der Waals surface area contributed by atoms with Gasteiger partial charge in [0.15, 0.2) is 5.75 Å². The lowest BCUT2D eigenvalue weighted by molar-refractivity contribution is 0.0195. The number of rotatable bonds is 2. The molecular formula is C20H27N5O3. The van der Waals surface area contributed by atoms with Gasteiger partial charge in [-0.15, -0.1) is 0 Å². The van der Waals surface area contributed by atoms with Crippen LogP contribution in [0.25, 0.3) is 0 Å². The van der Waals surface area contributed by atoms with E-state index < -0.39 is 5.60 Å². The molecule has 0 spiro atoms. The zero-order valence-corrected chi connectivity index (χ0v) is 17.1. The summed E-state index contributed by atoms with van der Waals surface area (Å²) in [6, 6.07) is 6.03. The minimum atomic E-state index is -0.519. The Morgan fingerprint density at radius 1 is 1.39 bits per heavy atom. The van der Waals surface area contributed by atoms with E-state index in [1.165, 1.54) is 0 Å². The van der Waals surface area contributed by atoms with Gasteiger partial charge in [-0.05, 0) is 32.9 Å². The van der Waals surface area contributed by atoms with Crippen molar-refractivity contribution in [1.29, 1.82) is 5.26 Å². The Balaban J connectivity index is 1.81. The van der Waals surface area contributed by atoms with Gasteiger partial charge in [0.25, 0.3) is 0 Å². The number of benzene rings is 1. The SMILES string of the molecule is CN(C)/C=N/c1ccc2c(c1C#N)OC[C@H]1CN(C(=O)OC(C)(C)C)CCN21. The second kappa shape index (κ2) is 7.58. The minimum Gasteiger partial charge on any atom is -0.488 e. The lowest BCUT2D eigenvalue weighted by Crippen LogP contribution is -2.59. The molecule has 0 radical (unpaired) electrons. The first kappa shape index (κ1) is 19.8. The van der Waals surface area contributed by atoms with Crippen molar-refractivity contribution in [2.45, 2.75) is 32.4 Å². The lowest BCUT2D eigenvalue weighted by atomic mass is 10.0. The highest BCUT2D eigenvalue weighted by Gasteiger charge is 2.37. The first-order valence-electron chi connectivity index (χ1n) is 9.34. The number of carbonyl (C=O) groups excluding carboxylic acids is 1. The van der Waals surface area contributed by atoms with Gasteiger partial charge in [-0.25, -0.2) is 9.79 Å². The van der Waals surface area contributed by atoms with E-state index in [2.05, 4.69) is 16.0 Å². The van der Waals surface area contributed by atoms with Gasteiger partial charge < -0.3 is 24.2 Å². The molecule has 28 heavy (non-hydrogen) atoms. The molecule has 1 atom stereocenters. The van der Waals surface area contributed by atoms with Crippen LogP contribution >= 0.6 is 0 Å². The van der Waals surface area contributed by atoms with Gasteiger partial charge in [0.2, 0.25) is 0 Å². The van der Waals surface area contributed by atoms with Gasteiger partial charge in [0.05, 0.1) is 23.8 Å². The molecule has 2 heterocycles. The highest BCUT2D eigenvalue weighted by Crippen LogP contribution is 2.41. The summed E-state index contributed by atoms with van der Waals surface area (Å²) in [5, 5.41) is 9.65. The maximum absolute atomic E-state index is 12.4. The molecule has 8 nitrogen and oxygen atoms in total. The summed E-state index contributed by atoms with van der Waals surface area (Å²) in [6.45, 7) is 7.74. The summed E-state index contributed by atoms with van der Waals surface area (Å²) in [7, 11) is 3.75. The van der Waals surface area contributed by atoms with Gasteiger partial charge in [-0.2, -0.15) is 5.26 Å². The highest BCUT2D eigenvalue weighted by molar-refractivity contribution is 5.77. The predicted molar refractivity (Wildman–Crippen MR) is 107 cm³/mol. The summed E-state index contributed by atoms with van der Waals surface area (Å²) >= 11 is 0. The van der Waals surface area contributed by atoms with Crippen molar-refractivity contribution in [2.75, 3.05) is 45.2 Å². The standard InChI is InChI=1S/C20H27N5O3/c1-20(2,3)28-19(26)24-8-9-25-14(11-24)12-27-18-15(10-21)16(6-7-17(18)25)22-13-23(4)5/h6-7,13-14H,8-9,11-12H2,1-5H3/b22-13+/t14-/m1/s1. The van der Waals surface area contributed by atoms with E-state index in [1.54, 1.807) is 11.2 Å². The molecule has 8 heteroatoms. The summed E-state index contributed by atoms with van der Waals surface area (Å²) in [4.78, 5) is 22.5. The predicted octanol–water partition coefficient (Wildman–Crippen LogP) is 2.60. The summed E-state index contributed by atoms with van der Waals surface area (Å²) in [6.07, 6.45) is 1.36. The molecule has 0 saturated carbocycles. The molecule has 0 N–H and O–H groups in total. The Hall–Kier alpha value is -2.95. The van der Waals surface area contributed by atoms with Crippen molar-refractivity contribution >= 4 is 23.8 Å². The first-order valence-corrected chi connectivity index (χ1v) is 9.34. The average Bonchev–Trinajstić information content (AvgIpc) is 2.63. The van der Waals surface area contributed by atoms with Crippen LogP contribution < -0.4 is 9.64 Å². The van der Waals surface area contributed by atoms with Crippen LogP contribution in [0.1, 0.15) is 26.3 Å². The van der Waals surface area contributed by atoms with Crippen LogP contribution in [0, 0.1) is 11.3 Å². The summed E-state index contributed by atoms with van der Waals surface area (Å²) in [5.74, 6) is 0.567. The second-order valence-corrected chi connectivity index (χ2v) is 8.21. The van der Waals surface area contributed by atoms with E-state index in [0.29, 0.717) is 43.2 Å². The number of fused-ring (bicyclic) bond motifs is 3. The topological polar surface area (TPSA) is 81.4 Å². The normalized spacial score (nSPS) is 18.8. The zero-order valence-electron chi connectivity index (χ0n) is 17.1. The number of ether oxygens (including phenoxy) is 2. The average molecular weight is 385 g/mol. The van der Waals surface area contributed by atoms with E-state index in [1.807, 2.05) is 51.9 Å². The molecular weight excluding hydrogens is 358 g/mol. The van der Waals surface area contributed by atoms with Crippen molar-refractivity contribution in [3.63, 3.8) is 0 Å². The maximum Gasteiger partial charge on any atom is 0.410 e. The Morgan fingerprint density at radius 3 is 2.79 bits per heavy atom. The lowest BCUT2D eigenvalue weighted by Gasteiger charge is -2.45. The van der Waals surface area contributed by atoms with E-state index in [4.69, 9.17) is 9.47 Å². The Bertz CT molecular complexity index is 822. The molecule has 1 saturated heterocycles. The molecule has 2 aliphatic heterocycles. The third kappa shape index (κ3) is 4.14. The van der Waals surface area contributed by atoms with Crippen molar-refractivity contribution in [3.05, 3.63) is 17.7 Å². The van der Waals surface area contributed by atoms with Crippen LogP contribution in [-0.2, 0) is 4.74 Å². The summed E-state index contributed by atoms with van der Waals surface area (Å²) in [5.41, 5.74) is 1.37. The zero-order chi connectivity index (χ0) is 20.5. The number of amides is 1. The van der Waals surface area contributed by atoms with E-state index in [9.17, 15) is 10.1 Å². The van der Waals surface area contributed by atoms with E-state index in [-0.39, 0.29) is 12.1 Å². The highest BCUT2D eigenvalue weighted by atomic mass is 16.6. The molecule has 2 aliphatic rings. The maximum atomic E-state index is 12.4. The smallest absolute Gasteiger partial charge is 0.410 e. The molecule has 1 aromatic carbocycles. The number of nitriles is 1. The van der Waals surface area contributed by atoms with Crippen LogP contribution in [0.3, 0.4) is 0 Å². The minimum absolute atomic E-state index is 0.0245. The van der Waals surface area contributed by atoms with Crippen LogP contribution in [-0.4, -0.2) is 74.2 Å². The Kier molecular flexibility index (Phi) is 5.36. The molecule has 1 aromatic rings.